The maximum Gasteiger partial charge on any atom is 0.323 e. The second kappa shape index (κ2) is 8.71. The van der Waals surface area contributed by atoms with E-state index in [1.165, 1.54) is 18.2 Å². The van der Waals surface area contributed by atoms with Crippen molar-refractivity contribution in [2.75, 3.05) is 13.7 Å². The summed E-state index contributed by atoms with van der Waals surface area (Å²) in [5.41, 5.74) is 1.68. The number of urea groups is 1. The highest BCUT2D eigenvalue weighted by Gasteiger charge is 2.48. The smallest absolute Gasteiger partial charge is 0.323 e. The summed E-state index contributed by atoms with van der Waals surface area (Å²) in [7, 11) is 1.53. The van der Waals surface area contributed by atoms with Gasteiger partial charge in [0, 0.05) is 12.1 Å². The molecule has 2 atom stereocenters. The van der Waals surface area contributed by atoms with E-state index >= 15 is 0 Å². The maximum atomic E-state index is 13.0. The zero-order chi connectivity index (χ0) is 23.6. The molecular weight excluding hydrogens is 420 g/mol. The van der Waals surface area contributed by atoms with E-state index in [1.54, 1.807) is 12.1 Å². The number of fused-ring (bicyclic) bond motifs is 1. The molecule has 2 aliphatic rings. The number of hydrogen-bond donors (Lipinski definition) is 3. The van der Waals surface area contributed by atoms with Crippen molar-refractivity contribution in [1.82, 2.24) is 20.9 Å². The van der Waals surface area contributed by atoms with Crippen molar-refractivity contribution < 1.29 is 19.1 Å². The van der Waals surface area contributed by atoms with Gasteiger partial charge in [-0.3, -0.25) is 14.9 Å². The Morgan fingerprint density at radius 3 is 2.73 bits per heavy atom. The fourth-order valence-corrected chi connectivity index (χ4v) is 4.04. The van der Waals surface area contributed by atoms with Crippen LogP contribution in [0.4, 0.5) is 4.79 Å². The number of hydrogen-bond acceptors (Lipinski definition) is 5. The van der Waals surface area contributed by atoms with Crippen molar-refractivity contribution in [3.8, 4) is 17.6 Å². The average molecular weight is 444 g/mol. The summed E-state index contributed by atoms with van der Waals surface area (Å²) in [6, 6.07) is 11.9. The van der Waals surface area contributed by atoms with Crippen LogP contribution in [0, 0.1) is 18.8 Å². The van der Waals surface area contributed by atoms with Gasteiger partial charge >= 0.3 is 6.03 Å². The largest absolute Gasteiger partial charge is 0.497 e. The Morgan fingerprint density at radius 1 is 1.27 bits per heavy atom. The number of rotatable bonds is 6. The Bertz CT molecular complexity index is 1210. The molecule has 2 aromatic carbocycles. The summed E-state index contributed by atoms with van der Waals surface area (Å²) in [6.07, 6.45) is 1.53. The molecule has 0 spiro atoms. The highest BCUT2D eigenvalue weighted by atomic mass is 16.5. The topological polar surface area (TPSA) is 99.8 Å². The van der Waals surface area contributed by atoms with E-state index in [2.05, 4.69) is 34.4 Å². The molecule has 0 radical (unpaired) electrons. The van der Waals surface area contributed by atoms with Crippen LogP contribution in [0.2, 0.25) is 0 Å². The summed E-state index contributed by atoms with van der Waals surface area (Å²) in [6.45, 7) is 5.89. The molecule has 2 aromatic rings. The van der Waals surface area contributed by atoms with Crippen LogP contribution in [0.5, 0.6) is 5.75 Å². The Labute approximate surface area is 192 Å². The maximum absolute atomic E-state index is 13.0. The van der Waals surface area contributed by atoms with E-state index in [0.717, 1.165) is 16.7 Å². The standard InChI is InChI=1S/C25H24N4O4/c1-4-26-21(19-8-6-5-7-16(19)2)11-12-25(23(31)27-24(32)28-25)15-29-14-17-9-10-18(33-3)13-20(17)22(29)30/h4-10,13,21,26H,1,14-15H2,2-3H3,(H2,27,28,31,32)/t21?,25-/m1/s1. The van der Waals surface area contributed by atoms with Crippen LogP contribution in [0.1, 0.15) is 33.1 Å². The fraction of sp³-hybridized carbons (Fsp3) is 0.240. The molecule has 8 heteroatoms. The number of aryl methyl sites for hydroxylation is 1. The van der Waals surface area contributed by atoms with Crippen LogP contribution in [0.25, 0.3) is 0 Å². The van der Waals surface area contributed by atoms with Crippen molar-refractivity contribution in [2.45, 2.75) is 25.0 Å². The number of nitrogens with zero attached hydrogens (tertiary/aromatic N) is 1. The predicted octanol–water partition coefficient (Wildman–Crippen LogP) is 2.02. The third kappa shape index (κ3) is 4.13. The van der Waals surface area contributed by atoms with Crippen molar-refractivity contribution >= 4 is 17.8 Å². The molecule has 3 N–H and O–H groups in total. The third-order valence-corrected chi connectivity index (χ3v) is 5.78. The van der Waals surface area contributed by atoms with Gasteiger partial charge in [-0.15, -0.1) is 0 Å². The van der Waals surface area contributed by atoms with E-state index in [9.17, 15) is 14.4 Å². The highest BCUT2D eigenvalue weighted by Crippen LogP contribution is 2.28. The first-order chi connectivity index (χ1) is 15.9. The van der Waals surface area contributed by atoms with Gasteiger partial charge in [-0.1, -0.05) is 48.8 Å². The number of methoxy groups -OCH3 is 1. The Kier molecular flexibility index (Phi) is 5.80. The molecule has 4 rings (SSSR count). The van der Waals surface area contributed by atoms with Crippen LogP contribution in [-0.2, 0) is 11.3 Å². The molecule has 1 unspecified atom stereocenters. The SMILES string of the molecule is C=CNC(C#C[C@]1(CN2Cc3ccc(OC)cc3C2=O)NC(=O)NC1=O)c1ccccc1C. The lowest BCUT2D eigenvalue weighted by atomic mass is 9.96. The van der Waals surface area contributed by atoms with Gasteiger partial charge in [0.25, 0.3) is 11.8 Å². The monoisotopic (exact) mass is 444 g/mol. The van der Waals surface area contributed by atoms with Gasteiger partial charge in [0.05, 0.1) is 13.7 Å². The second-order valence-electron chi connectivity index (χ2n) is 7.93. The zero-order valence-corrected chi connectivity index (χ0v) is 18.4. The lowest BCUT2D eigenvalue weighted by Gasteiger charge is -2.26. The van der Waals surface area contributed by atoms with Gasteiger partial charge in [-0.2, -0.15) is 0 Å². The van der Waals surface area contributed by atoms with Gasteiger partial charge in [-0.25, -0.2) is 4.79 Å². The van der Waals surface area contributed by atoms with Crippen LogP contribution in [-0.4, -0.2) is 41.9 Å². The van der Waals surface area contributed by atoms with E-state index in [1.807, 2.05) is 37.3 Å². The summed E-state index contributed by atoms with van der Waals surface area (Å²) in [5, 5.41) is 7.97. The van der Waals surface area contributed by atoms with Gasteiger partial charge in [0.15, 0.2) is 0 Å². The first-order valence-electron chi connectivity index (χ1n) is 10.4. The Balaban J connectivity index is 1.67. The molecular formula is C25H24N4O4. The number of carbonyl (C=O) groups excluding carboxylic acids is 3. The molecule has 0 aromatic heterocycles. The summed E-state index contributed by atoms with van der Waals surface area (Å²) in [4.78, 5) is 39.5. The lowest BCUT2D eigenvalue weighted by molar-refractivity contribution is -0.122. The normalized spacial score (nSPS) is 19.7. The van der Waals surface area contributed by atoms with Crippen molar-refractivity contribution in [3.63, 3.8) is 0 Å². The van der Waals surface area contributed by atoms with E-state index in [0.29, 0.717) is 17.9 Å². The zero-order valence-electron chi connectivity index (χ0n) is 18.4. The van der Waals surface area contributed by atoms with Crippen LogP contribution >= 0.6 is 0 Å². The average Bonchev–Trinajstić information content (AvgIpc) is 3.26. The van der Waals surface area contributed by atoms with E-state index in [4.69, 9.17) is 4.74 Å². The lowest BCUT2D eigenvalue weighted by Crippen LogP contribution is -2.54. The van der Waals surface area contributed by atoms with E-state index in [-0.39, 0.29) is 12.5 Å². The third-order valence-electron chi connectivity index (χ3n) is 5.78. The molecule has 2 heterocycles. The molecule has 33 heavy (non-hydrogen) atoms. The van der Waals surface area contributed by atoms with Crippen molar-refractivity contribution in [2.24, 2.45) is 0 Å². The first-order valence-corrected chi connectivity index (χ1v) is 10.4. The molecule has 0 saturated carbocycles. The molecule has 168 valence electrons. The predicted molar refractivity (Wildman–Crippen MR) is 122 cm³/mol. The van der Waals surface area contributed by atoms with Crippen LogP contribution in [0.15, 0.2) is 55.2 Å². The molecule has 2 aliphatic heterocycles. The first kappa shape index (κ1) is 22.0. The minimum atomic E-state index is -1.58. The number of nitrogens with one attached hydrogen (secondary N) is 3. The van der Waals surface area contributed by atoms with Crippen LogP contribution < -0.4 is 20.7 Å². The van der Waals surface area contributed by atoms with Gasteiger partial charge < -0.3 is 20.3 Å². The Hall–Kier alpha value is -4.25. The highest BCUT2D eigenvalue weighted by molar-refractivity contribution is 6.10. The summed E-state index contributed by atoms with van der Waals surface area (Å²) < 4.78 is 5.22. The fourth-order valence-electron chi connectivity index (χ4n) is 4.04. The van der Waals surface area contributed by atoms with Gasteiger partial charge in [-0.05, 0) is 41.9 Å². The molecule has 8 nitrogen and oxygen atoms in total. The number of carbonyl (C=O) groups is 3. The molecule has 1 saturated heterocycles. The molecule has 1 fully saturated rings. The summed E-state index contributed by atoms with van der Waals surface area (Å²) >= 11 is 0. The second-order valence-corrected chi connectivity index (χ2v) is 7.93. The molecule has 4 amide bonds. The quantitative estimate of drug-likeness (QED) is 0.468. The van der Waals surface area contributed by atoms with E-state index < -0.39 is 23.5 Å². The van der Waals surface area contributed by atoms with Crippen molar-refractivity contribution in [1.29, 1.82) is 0 Å². The number of benzene rings is 2. The Morgan fingerprint density at radius 2 is 2.06 bits per heavy atom. The van der Waals surface area contributed by atoms with Gasteiger partial charge in [0.1, 0.15) is 11.8 Å². The number of ether oxygens (including phenoxy) is 1. The number of imide groups is 1. The molecule has 0 bridgehead atoms. The minimum absolute atomic E-state index is 0.0953. The number of amides is 4. The molecule has 0 aliphatic carbocycles. The minimum Gasteiger partial charge on any atom is -0.497 e. The summed E-state index contributed by atoms with van der Waals surface area (Å²) in [5.74, 6) is 5.76. The van der Waals surface area contributed by atoms with Gasteiger partial charge in [0.2, 0.25) is 5.54 Å². The van der Waals surface area contributed by atoms with Crippen molar-refractivity contribution in [3.05, 3.63) is 77.5 Å². The van der Waals surface area contributed by atoms with Crippen LogP contribution in [0.3, 0.4) is 0 Å².